The van der Waals surface area contributed by atoms with Crippen LogP contribution in [0.5, 0.6) is 11.5 Å². The second-order valence-electron chi connectivity index (χ2n) is 6.00. The molecule has 0 aliphatic carbocycles. The molecule has 1 heterocycles. The van der Waals surface area contributed by atoms with Crippen molar-refractivity contribution in [3.8, 4) is 11.5 Å². The van der Waals surface area contributed by atoms with Crippen LogP contribution in [-0.2, 0) is 4.79 Å². The lowest BCUT2D eigenvalue weighted by atomic mass is 10.1. The van der Waals surface area contributed by atoms with Gasteiger partial charge < -0.3 is 19.2 Å². The standard InChI is InChI=1S/C20H18ClNO5/c1-11-8-19(24)27-20-12(2)16(7-5-14(11)20)26-10-18(23)22-15-9-13(21)4-6-17(15)25-3/h4-9H,10H2,1-3H3,(H,22,23). The highest BCUT2D eigenvalue weighted by molar-refractivity contribution is 6.31. The molecular formula is C20H18ClNO5. The summed E-state index contributed by atoms with van der Waals surface area (Å²) in [7, 11) is 1.50. The van der Waals surface area contributed by atoms with E-state index >= 15 is 0 Å². The van der Waals surface area contributed by atoms with Gasteiger partial charge in [-0.1, -0.05) is 11.6 Å². The number of carbonyl (C=O) groups excluding carboxylic acids is 1. The van der Waals surface area contributed by atoms with E-state index in [1.807, 2.05) is 6.92 Å². The fourth-order valence-electron chi connectivity index (χ4n) is 2.76. The molecule has 0 radical (unpaired) electrons. The van der Waals surface area contributed by atoms with Crippen LogP contribution in [0, 0.1) is 13.8 Å². The smallest absolute Gasteiger partial charge is 0.336 e. The average Bonchev–Trinajstić information content (AvgIpc) is 2.62. The molecule has 0 fully saturated rings. The third-order valence-electron chi connectivity index (χ3n) is 4.11. The number of hydrogen-bond donors (Lipinski definition) is 1. The van der Waals surface area contributed by atoms with Crippen molar-refractivity contribution in [2.45, 2.75) is 13.8 Å². The van der Waals surface area contributed by atoms with Crippen LogP contribution in [0.4, 0.5) is 5.69 Å². The van der Waals surface area contributed by atoms with E-state index in [2.05, 4.69) is 5.32 Å². The van der Waals surface area contributed by atoms with Crippen molar-refractivity contribution >= 4 is 34.2 Å². The van der Waals surface area contributed by atoms with E-state index in [9.17, 15) is 9.59 Å². The van der Waals surface area contributed by atoms with E-state index in [0.717, 1.165) is 10.9 Å². The predicted octanol–water partition coefficient (Wildman–Crippen LogP) is 4.09. The van der Waals surface area contributed by atoms with E-state index in [0.29, 0.717) is 33.4 Å². The Balaban J connectivity index is 1.77. The summed E-state index contributed by atoms with van der Waals surface area (Å²) in [5.41, 5.74) is 1.96. The van der Waals surface area contributed by atoms with Gasteiger partial charge in [-0.3, -0.25) is 4.79 Å². The number of ether oxygens (including phenoxy) is 2. The first-order chi connectivity index (χ1) is 12.9. The number of aryl methyl sites for hydroxylation is 2. The van der Waals surface area contributed by atoms with Crippen LogP contribution in [0.15, 0.2) is 45.6 Å². The quantitative estimate of drug-likeness (QED) is 0.667. The molecule has 0 atom stereocenters. The van der Waals surface area contributed by atoms with Crippen molar-refractivity contribution in [3.05, 3.63) is 63.0 Å². The highest BCUT2D eigenvalue weighted by Gasteiger charge is 2.13. The fraction of sp³-hybridized carbons (Fsp3) is 0.200. The molecule has 3 rings (SSSR count). The molecule has 1 aromatic heterocycles. The molecule has 0 saturated carbocycles. The normalized spacial score (nSPS) is 10.7. The zero-order valence-corrected chi connectivity index (χ0v) is 15.8. The van der Waals surface area contributed by atoms with Crippen LogP contribution in [0.3, 0.4) is 0 Å². The lowest BCUT2D eigenvalue weighted by Crippen LogP contribution is -2.20. The second kappa shape index (κ2) is 7.72. The Morgan fingerprint density at radius 1 is 1.15 bits per heavy atom. The molecule has 0 unspecified atom stereocenters. The van der Waals surface area contributed by atoms with Crippen molar-refractivity contribution in [1.82, 2.24) is 0 Å². The summed E-state index contributed by atoms with van der Waals surface area (Å²) >= 11 is 5.96. The lowest BCUT2D eigenvalue weighted by molar-refractivity contribution is -0.118. The van der Waals surface area contributed by atoms with E-state index < -0.39 is 5.63 Å². The van der Waals surface area contributed by atoms with Crippen molar-refractivity contribution in [2.24, 2.45) is 0 Å². The number of benzene rings is 2. The van der Waals surface area contributed by atoms with Gasteiger partial charge in [0.15, 0.2) is 6.61 Å². The Labute approximate surface area is 160 Å². The van der Waals surface area contributed by atoms with Crippen LogP contribution >= 0.6 is 11.6 Å². The minimum atomic E-state index is -0.425. The molecule has 3 aromatic rings. The van der Waals surface area contributed by atoms with Gasteiger partial charge in [-0.2, -0.15) is 0 Å². The minimum Gasteiger partial charge on any atom is -0.495 e. The molecule has 0 aliphatic heterocycles. The topological polar surface area (TPSA) is 77.8 Å². The first-order valence-electron chi connectivity index (χ1n) is 8.19. The zero-order chi connectivity index (χ0) is 19.6. The van der Waals surface area contributed by atoms with E-state index in [1.165, 1.54) is 13.2 Å². The second-order valence-corrected chi connectivity index (χ2v) is 6.43. The Bertz CT molecular complexity index is 1070. The molecule has 0 saturated heterocycles. The summed E-state index contributed by atoms with van der Waals surface area (Å²) in [5.74, 6) is 0.581. The Hall–Kier alpha value is -2.99. The summed E-state index contributed by atoms with van der Waals surface area (Å²) in [6.45, 7) is 3.39. The Morgan fingerprint density at radius 2 is 1.89 bits per heavy atom. The molecule has 7 heteroatoms. The van der Waals surface area contributed by atoms with Gasteiger partial charge in [-0.05, 0) is 49.7 Å². The van der Waals surface area contributed by atoms with Gasteiger partial charge in [0.05, 0.1) is 12.8 Å². The largest absolute Gasteiger partial charge is 0.495 e. The summed E-state index contributed by atoms with van der Waals surface area (Å²) in [6.07, 6.45) is 0. The van der Waals surface area contributed by atoms with Crippen LogP contribution in [0.2, 0.25) is 5.02 Å². The molecule has 0 aliphatic rings. The number of methoxy groups -OCH3 is 1. The molecule has 1 N–H and O–H groups in total. The number of fused-ring (bicyclic) bond motifs is 1. The molecule has 0 bridgehead atoms. The van der Waals surface area contributed by atoms with Crippen LogP contribution < -0.4 is 20.4 Å². The fourth-order valence-corrected chi connectivity index (χ4v) is 2.94. The predicted molar refractivity (Wildman–Crippen MR) is 104 cm³/mol. The summed E-state index contributed by atoms with van der Waals surface area (Å²) < 4.78 is 16.1. The number of rotatable bonds is 5. The van der Waals surface area contributed by atoms with Gasteiger partial charge >= 0.3 is 5.63 Å². The first kappa shape index (κ1) is 18.8. The molecule has 140 valence electrons. The monoisotopic (exact) mass is 387 g/mol. The summed E-state index contributed by atoms with van der Waals surface area (Å²) in [5, 5.41) is 4.00. The van der Waals surface area contributed by atoms with E-state index in [-0.39, 0.29) is 12.5 Å². The maximum atomic E-state index is 12.2. The third kappa shape index (κ3) is 4.06. The van der Waals surface area contributed by atoms with Gasteiger partial charge in [-0.25, -0.2) is 4.79 Å². The first-order valence-corrected chi connectivity index (χ1v) is 8.57. The number of amides is 1. The van der Waals surface area contributed by atoms with Crippen molar-refractivity contribution < 1.29 is 18.7 Å². The van der Waals surface area contributed by atoms with Crippen LogP contribution in [0.1, 0.15) is 11.1 Å². The summed E-state index contributed by atoms with van der Waals surface area (Å²) in [6, 6.07) is 9.91. The van der Waals surface area contributed by atoms with Crippen LogP contribution in [-0.4, -0.2) is 19.6 Å². The lowest BCUT2D eigenvalue weighted by Gasteiger charge is -2.13. The van der Waals surface area contributed by atoms with E-state index in [1.54, 1.807) is 37.3 Å². The highest BCUT2D eigenvalue weighted by atomic mass is 35.5. The van der Waals surface area contributed by atoms with Crippen LogP contribution in [0.25, 0.3) is 11.0 Å². The van der Waals surface area contributed by atoms with Crippen molar-refractivity contribution in [1.29, 1.82) is 0 Å². The van der Waals surface area contributed by atoms with E-state index in [4.69, 9.17) is 25.5 Å². The number of carbonyl (C=O) groups is 1. The zero-order valence-electron chi connectivity index (χ0n) is 15.1. The van der Waals surface area contributed by atoms with Crippen molar-refractivity contribution in [2.75, 3.05) is 19.0 Å². The molecule has 27 heavy (non-hydrogen) atoms. The third-order valence-corrected chi connectivity index (χ3v) is 4.35. The number of halogens is 1. The van der Waals surface area contributed by atoms with Gasteiger partial charge in [0, 0.05) is 22.0 Å². The average molecular weight is 388 g/mol. The highest BCUT2D eigenvalue weighted by Crippen LogP contribution is 2.29. The van der Waals surface area contributed by atoms with Gasteiger partial charge in [-0.15, -0.1) is 0 Å². The summed E-state index contributed by atoms with van der Waals surface area (Å²) in [4.78, 5) is 23.9. The Kier molecular flexibility index (Phi) is 5.37. The van der Waals surface area contributed by atoms with Gasteiger partial charge in [0.2, 0.25) is 0 Å². The number of nitrogens with one attached hydrogen (secondary N) is 1. The maximum absolute atomic E-state index is 12.2. The minimum absolute atomic E-state index is 0.224. The van der Waals surface area contributed by atoms with Gasteiger partial charge in [0.1, 0.15) is 17.1 Å². The number of anilines is 1. The Morgan fingerprint density at radius 3 is 2.63 bits per heavy atom. The van der Waals surface area contributed by atoms with Gasteiger partial charge in [0.25, 0.3) is 5.91 Å². The van der Waals surface area contributed by atoms with Crippen molar-refractivity contribution in [3.63, 3.8) is 0 Å². The molecule has 6 nitrogen and oxygen atoms in total. The SMILES string of the molecule is COc1ccc(Cl)cc1NC(=O)COc1ccc2c(C)cc(=O)oc2c1C. The molecule has 2 aromatic carbocycles. The molecular weight excluding hydrogens is 370 g/mol. The molecule has 1 amide bonds. The molecule has 0 spiro atoms. The maximum Gasteiger partial charge on any atom is 0.336 e. The number of hydrogen-bond acceptors (Lipinski definition) is 5.